The number of hydrogen-bond donors (Lipinski definition) is 1. The number of unbranched alkanes of at least 4 members (excludes halogenated alkanes) is 1. The van der Waals surface area contributed by atoms with Gasteiger partial charge in [-0.3, -0.25) is 4.79 Å². The Balaban J connectivity index is 1.92. The molecule has 122 valence electrons. The monoisotopic (exact) mass is 384 g/mol. The topological polar surface area (TPSA) is 62.1 Å². The van der Waals surface area contributed by atoms with Gasteiger partial charge in [0.25, 0.3) is 0 Å². The number of carbonyl (C=O) groups excluding carboxylic acids is 1. The van der Waals surface area contributed by atoms with E-state index in [4.69, 9.17) is 10.00 Å². The molecule has 2 aromatic rings. The van der Waals surface area contributed by atoms with E-state index in [2.05, 4.69) is 27.3 Å². The molecule has 0 aromatic heterocycles. The molecule has 0 saturated carbocycles. The number of nitrogens with zero attached hydrogens (tertiary/aromatic N) is 1. The van der Waals surface area contributed by atoms with E-state index in [-0.39, 0.29) is 5.91 Å². The van der Waals surface area contributed by atoms with E-state index in [0.717, 1.165) is 10.0 Å². The maximum absolute atomic E-state index is 12.0. The second-order valence-corrected chi connectivity index (χ2v) is 5.84. The maximum Gasteiger partial charge on any atom is 0.248 e. The van der Waals surface area contributed by atoms with Gasteiger partial charge in [-0.15, -0.1) is 0 Å². The summed E-state index contributed by atoms with van der Waals surface area (Å²) >= 11 is 3.44. The summed E-state index contributed by atoms with van der Waals surface area (Å²) in [5.41, 5.74) is 1.59. The second kappa shape index (κ2) is 9.53. The zero-order chi connectivity index (χ0) is 17.2. The van der Waals surface area contributed by atoms with Crippen molar-refractivity contribution >= 4 is 33.6 Å². The van der Waals surface area contributed by atoms with E-state index >= 15 is 0 Å². The van der Waals surface area contributed by atoms with E-state index in [1.807, 2.05) is 36.4 Å². The van der Waals surface area contributed by atoms with Crippen LogP contribution >= 0.6 is 15.9 Å². The predicted octanol–water partition coefficient (Wildman–Crippen LogP) is 4.78. The number of anilines is 1. The molecule has 0 fully saturated rings. The summed E-state index contributed by atoms with van der Waals surface area (Å²) in [6.07, 6.45) is 4.39. The molecular weight excluding hydrogens is 368 g/mol. The van der Waals surface area contributed by atoms with Gasteiger partial charge >= 0.3 is 0 Å². The van der Waals surface area contributed by atoms with Gasteiger partial charge in [0.1, 0.15) is 5.75 Å². The molecule has 0 aliphatic carbocycles. The lowest BCUT2D eigenvalue weighted by Crippen LogP contribution is -2.08. The van der Waals surface area contributed by atoms with Crippen LogP contribution in [0.5, 0.6) is 5.75 Å². The molecule has 2 rings (SSSR count). The standard InChI is InChI=1S/C19H17BrN2O2/c20-18-9-2-1-6-15(18)10-11-19(23)22-16-7-5-8-17(14-16)24-13-4-3-12-21/h1-2,5-11,14H,3-4,13H2,(H,22,23)/b11-10+. The lowest BCUT2D eigenvalue weighted by molar-refractivity contribution is -0.111. The first kappa shape index (κ1) is 17.8. The van der Waals surface area contributed by atoms with E-state index in [1.54, 1.807) is 18.2 Å². The SMILES string of the molecule is N#CCCCOc1cccc(NC(=O)/C=C/c2ccccc2Br)c1. The summed E-state index contributed by atoms with van der Waals surface area (Å²) in [6, 6.07) is 16.9. The largest absolute Gasteiger partial charge is 0.493 e. The Labute approximate surface area is 149 Å². The second-order valence-electron chi connectivity index (χ2n) is 4.98. The van der Waals surface area contributed by atoms with Crippen LogP contribution in [0.4, 0.5) is 5.69 Å². The zero-order valence-corrected chi connectivity index (χ0v) is 14.6. The molecule has 0 aliphatic heterocycles. The minimum absolute atomic E-state index is 0.215. The van der Waals surface area contributed by atoms with Crippen LogP contribution in [0.2, 0.25) is 0 Å². The van der Waals surface area contributed by atoms with Gasteiger partial charge in [-0.25, -0.2) is 0 Å². The van der Waals surface area contributed by atoms with Crippen molar-refractivity contribution in [1.82, 2.24) is 0 Å². The highest BCUT2D eigenvalue weighted by atomic mass is 79.9. The Morgan fingerprint density at radius 2 is 2.08 bits per heavy atom. The lowest BCUT2D eigenvalue weighted by Gasteiger charge is -2.07. The highest BCUT2D eigenvalue weighted by Crippen LogP contribution is 2.19. The average Bonchev–Trinajstić information content (AvgIpc) is 2.58. The van der Waals surface area contributed by atoms with Crippen molar-refractivity contribution in [3.63, 3.8) is 0 Å². The average molecular weight is 385 g/mol. The molecule has 24 heavy (non-hydrogen) atoms. The number of nitrogens with one attached hydrogen (secondary N) is 1. The molecule has 1 N–H and O–H groups in total. The number of amides is 1. The third-order valence-electron chi connectivity index (χ3n) is 3.12. The van der Waals surface area contributed by atoms with Crippen LogP contribution < -0.4 is 10.1 Å². The van der Waals surface area contributed by atoms with E-state index in [9.17, 15) is 4.79 Å². The van der Waals surface area contributed by atoms with Gasteiger partial charge in [0.15, 0.2) is 0 Å². The fourth-order valence-electron chi connectivity index (χ4n) is 1.96. The molecule has 0 bridgehead atoms. The Morgan fingerprint density at radius 3 is 2.88 bits per heavy atom. The number of ether oxygens (including phenoxy) is 1. The fourth-order valence-corrected chi connectivity index (χ4v) is 2.38. The molecule has 1 amide bonds. The van der Waals surface area contributed by atoms with Crippen molar-refractivity contribution in [2.75, 3.05) is 11.9 Å². The summed E-state index contributed by atoms with van der Waals surface area (Å²) in [5, 5.41) is 11.3. The van der Waals surface area contributed by atoms with Crippen LogP contribution in [0.3, 0.4) is 0 Å². The van der Waals surface area contributed by atoms with Crippen LogP contribution in [0.25, 0.3) is 6.08 Å². The lowest BCUT2D eigenvalue weighted by atomic mass is 10.2. The quantitative estimate of drug-likeness (QED) is 0.551. The normalized spacial score (nSPS) is 10.3. The predicted molar refractivity (Wildman–Crippen MR) is 98.6 cm³/mol. The number of hydrogen-bond acceptors (Lipinski definition) is 3. The van der Waals surface area contributed by atoms with Crippen LogP contribution in [-0.2, 0) is 4.79 Å². The molecule has 0 atom stereocenters. The zero-order valence-electron chi connectivity index (χ0n) is 13.0. The smallest absolute Gasteiger partial charge is 0.248 e. The van der Waals surface area contributed by atoms with Crippen molar-refractivity contribution < 1.29 is 9.53 Å². The van der Waals surface area contributed by atoms with E-state index in [0.29, 0.717) is 30.9 Å². The summed E-state index contributed by atoms with van der Waals surface area (Å²) in [6.45, 7) is 0.479. The number of benzene rings is 2. The first-order valence-corrected chi connectivity index (χ1v) is 8.32. The summed E-state index contributed by atoms with van der Waals surface area (Å²) in [7, 11) is 0. The van der Waals surface area contributed by atoms with Crippen LogP contribution in [0.1, 0.15) is 18.4 Å². The third kappa shape index (κ3) is 5.90. The molecule has 0 saturated heterocycles. The molecule has 2 aromatic carbocycles. The number of rotatable bonds is 7. The highest BCUT2D eigenvalue weighted by Gasteiger charge is 2.01. The Hall–Kier alpha value is -2.58. The van der Waals surface area contributed by atoms with Crippen LogP contribution in [0, 0.1) is 11.3 Å². The molecule has 0 unspecified atom stereocenters. The molecule has 0 spiro atoms. The van der Waals surface area contributed by atoms with Gasteiger partial charge in [0.05, 0.1) is 12.7 Å². The Morgan fingerprint density at radius 1 is 1.25 bits per heavy atom. The Bertz CT molecular complexity index is 766. The highest BCUT2D eigenvalue weighted by molar-refractivity contribution is 9.10. The van der Waals surface area contributed by atoms with E-state index < -0.39 is 0 Å². The molecule has 4 nitrogen and oxygen atoms in total. The number of nitriles is 1. The number of carbonyl (C=O) groups is 1. The minimum Gasteiger partial charge on any atom is -0.493 e. The Kier molecular flexibility index (Phi) is 7.06. The van der Waals surface area contributed by atoms with Gasteiger partial charge in [0.2, 0.25) is 5.91 Å². The molecule has 0 heterocycles. The van der Waals surface area contributed by atoms with E-state index in [1.165, 1.54) is 6.08 Å². The van der Waals surface area contributed by atoms with Gasteiger partial charge in [-0.05, 0) is 36.3 Å². The van der Waals surface area contributed by atoms with Gasteiger partial charge in [-0.1, -0.05) is 40.2 Å². The summed E-state index contributed by atoms with van der Waals surface area (Å²) < 4.78 is 6.48. The summed E-state index contributed by atoms with van der Waals surface area (Å²) in [4.78, 5) is 12.0. The maximum atomic E-state index is 12.0. The molecule has 0 radical (unpaired) electrons. The van der Waals surface area contributed by atoms with Crippen molar-refractivity contribution in [2.45, 2.75) is 12.8 Å². The minimum atomic E-state index is -0.215. The molecule has 0 aliphatic rings. The summed E-state index contributed by atoms with van der Waals surface area (Å²) in [5.74, 6) is 0.452. The van der Waals surface area contributed by atoms with Crippen molar-refractivity contribution in [2.24, 2.45) is 0 Å². The number of halogens is 1. The fraction of sp³-hybridized carbons (Fsp3) is 0.158. The van der Waals surface area contributed by atoms with Gasteiger partial charge in [0, 0.05) is 28.7 Å². The van der Waals surface area contributed by atoms with Crippen molar-refractivity contribution in [3.8, 4) is 11.8 Å². The van der Waals surface area contributed by atoms with Crippen molar-refractivity contribution in [3.05, 3.63) is 64.6 Å². The molecule has 5 heteroatoms. The first-order valence-electron chi connectivity index (χ1n) is 7.52. The third-order valence-corrected chi connectivity index (χ3v) is 3.84. The molecular formula is C19H17BrN2O2. The first-order chi connectivity index (χ1) is 11.7. The van der Waals surface area contributed by atoms with Crippen LogP contribution in [0.15, 0.2) is 59.1 Å². The van der Waals surface area contributed by atoms with Gasteiger partial charge < -0.3 is 10.1 Å². The van der Waals surface area contributed by atoms with Crippen molar-refractivity contribution in [1.29, 1.82) is 5.26 Å². The van der Waals surface area contributed by atoms with Crippen LogP contribution in [-0.4, -0.2) is 12.5 Å². The van der Waals surface area contributed by atoms with Gasteiger partial charge in [-0.2, -0.15) is 5.26 Å².